The zero-order valence-corrected chi connectivity index (χ0v) is 34.0. The van der Waals surface area contributed by atoms with Gasteiger partial charge in [0.1, 0.15) is 6.10 Å². The van der Waals surface area contributed by atoms with E-state index >= 15 is 0 Å². The van der Waals surface area contributed by atoms with Crippen molar-refractivity contribution >= 4 is 13.8 Å². The van der Waals surface area contributed by atoms with Gasteiger partial charge in [-0.25, -0.2) is 4.57 Å². The van der Waals surface area contributed by atoms with Crippen LogP contribution in [0.5, 0.6) is 0 Å². The average Bonchev–Trinajstić information content (AvgIpc) is 3.12. The van der Waals surface area contributed by atoms with E-state index in [1.807, 2.05) is 0 Å². The maximum atomic E-state index is 12.6. The maximum absolute atomic E-state index is 12.6. The standard InChI is InChI=1S/C42H80NO7P/c1-3-5-7-9-11-13-15-17-19-20-21-23-25-27-29-31-33-35-42(44)50-41(40-49-51(45,46)48-38-36-43)39-47-37-34-32-30-28-26-24-22-18-16-14-12-10-8-6-4-2/h5,7,11,13,17,19,41H,3-4,6,8-10,12,14-16,18,20-40,43H2,1-2H3,(H,45,46)/b7-5-,13-11-,19-17-. The highest BCUT2D eigenvalue weighted by molar-refractivity contribution is 7.47. The Morgan fingerprint density at radius 1 is 0.608 bits per heavy atom. The topological polar surface area (TPSA) is 117 Å². The summed E-state index contributed by atoms with van der Waals surface area (Å²) in [7, 11) is -4.27. The van der Waals surface area contributed by atoms with Crippen molar-refractivity contribution in [1.82, 2.24) is 0 Å². The molecular weight excluding hydrogens is 661 g/mol. The van der Waals surface area contributed by atoms with Crippen LogP contribution in [0.4, 0.5) is 0 Å². The summed E-state index contributed by atoms with van der Waals surface area (Å²) in [4.78, 5) is 22.4. The van der Waals surface area contributed by atoms with E-state index in [0.29, 0.717) is 13.0 Å². The van der Waals surface area contributed by atoms with Gasteiger partial charge >= 0.3 is 13.8 Å². The number of nitrogens with two attached hydrogens (primary N) is 1. The van der Waals surface area contributed by atoms with Crippen molar-refractivity contribution in [2.24, 2.45) is 5.73 Å². The summed E-state index contributed by atoms with van der Waals surface area (Å²) in [5.41, 5.74) is 5.36. The van der Waals surface area contributed by atoms with Gasteiger partial charge in [0.25, 0.3) is 0 Å². The van der Waals surface area contributed by atoms with Crippen LogP contribution >= 0.6 is 7.82 Å². The van der Waals surface area contributed by atoms with Crippen molar-refractivity contribution in [2.45, 2.75) is 193 Å². The van der Waals surface area contributed by atoms with Gasteiger partial charge in [0.15, 0.2) is 0 Å². The Labute approximate surface area is 314 Å². The minimum atomic E-state index is -4.27. The predicted molar refractivity (Wildman–Crippen MR) is 215 cm³/mol. The zero-order chi connectivity index (χ0) is 37.4. The zero-order valence-electron chi connectivity index (χ0n) is 33.1. The number of rotatable bonds is 40. The molecule has 0 spiro atoms. The molecule has 0 rings (SSSR count). The van der Waals surface area contributed by atoms with Crippen molar-refractivity contribution in [1.29, 1.82) is 0 Å². The van der Waals surface area contributed by atoms with E-state index in [0.717, 1.165) is 57.8 Å². The normalized spacial score (nSPS) is 13.9. The quantitative estimate of drug-likeness (QED) is 0.0276. The molecule has 2 unspecified atom stereocenters. The van der Waals surface area contributed by atoms with Crippen LogP contribution < -0.4 is 5.73 Å². The van der Waals surface area contributed by atoms with Gasteiger partial charge in [-0.05, 0) is 44.9 Å². The van der Waals surface area contributed by atoms with E-state index < -0.39 is 13.9 Å². The number of hydrogen-bond donors (Lipinski definition) is 2. The number of esters is 1. The predicted octanol–water partition coefficient (Wildman–Crippen LogP) is 12.2. The second-order valence-electron chi connectivity index (χ2n) is 13.8. The lowest BCUT2D eigenvalue weighted by Crippen LogP contribution is -2.28. The lowest BCUT2D eigenvalue weighted by Gasteiger charge is -2.20. The fraction of sp³-hybridized carbons (Fsp3) is 0.833. The van der Waals surface area contributed by atoms with Crippen LogP contribution in [0.3, 0.4) is 0 Å². The van der Waals surface area contributed by atoms with Gasteiger partial charge in [-0.15, -0.1) is 0 Å². The Kier molecular flexibility index (Phi) is 38.9. The summed E-state index contributed by atoms with van der Waals surface area (Å²) in [6.45, 7) is 4.82. The van der Waals surface area contributed by atoms with Crippen molar-refractivity contribution in [2.75, 3.05) is 33.0 Å². The van der Waals surface area contributed by atoms with Gasteiger partial charge in [-0.1, -0.05) is 172 Å². The highest BCUT2D eigenvalue weighted by Gasteiger charge is 2.25. The number of hydrogen-bond acceptors (Lipinski definition) is 7. The van der Waals surface area contributed by atoms with E-state index in [1.165, 1.54) is 109 Å². The van der Waals surface area contributed by atoms with Gasteiger partial charge in [0, 0.05) is 19.6 Å². The van der Waals surface area contributed by atoms with Crippen LogP contribution in [0.2, 0.25) is 0 Å². The van der Waals surface area contributed by atoms with E-state index in [4.69, 9.17) is 24.3 Å². The molecule has 0 aromatic carbocycles. The Hall–Kier alpha value is -1.28. The molecule has 51 heavy (non-hydrogen) atoms. The first kappa shape index (κ1) is 49.7. The third kappa shape index (κ3) is 39.8. The van der Waals surface area contributed by atoms with Crippen molar-refractivity contribution in [3.8, 4) is 0 Å². The van der Waals surface area contributed by atoms with Gasteiger partial charge in [-0.3, -0.25) is 13.8 Å². The molecular formula is C42H80NO7P. The molecule has 0 aliphatic rings. The summed E-state index contributed by atoms with van der Waals surface area (Å²) in [5.74, 6) is -0.339. The molecule has 2 atom stereocenters. The maximum Gasteiger partial charge on any atom is 0.472 e. The largest absolute Gasteiger partial charge is 0.472 e. The monoisotopic (exact) mass is 742 g/mol. The van der Waals surface area contributed by atoms with Crippen LogP contribution in [0.1, 0.15) is 187 Å². The molecule has 0 aliphatic heterocycles. The molecule has 0 saturated carbocycles. The van der Waals surface area contributed by atoms with Crippen molar-refractivity contribution < 1.29 is 32.8 Å². The van der Waals surface area contributed by atoms with Gasteiger partial charge in [0.2, 0.25) is 0 Å². The van der Waals surface area contributed by atoms with Crippen LogP contribution in [0.15, 0.2) is 36.5 Å². The summed E-state index contributed by atoms with van der Waals surface area (Å²) >= 11 is 0. The number of unbranched alkanes of at least 4 members (excludes halogenated alkanes) is 21. The molecule has 0 radical (unpaired) electrons. The van der Waals surface area contributed by atoms with E-state index in [9.17, 15) is 14.3 Å². The smallest absolute Gasteiger partial charge is 0.457 e. The third-order valence-electron chi connectivity index (χ3n) is 8.82. The van der Waals surface area contributed by atoms with E-state index in [2.05, 4.69) is 50.3 Å². The third-order valence-corrected chi connectivity index (χ3v) is 9.81. The first-order chi connectivity index (χ1) is 24.9. The molecule has 0 aliphatic carbocycles. The molecule has 0 amide bonds. The molecule has 0 saturated heterocycles. The van der Waals surface area contributed by atoms with E-state index in [1.54, 1.807) is 0 Å². The molecule has 0 fully saturated rings. The molecule has 0 aromatic rings. The number of phosphoric acid groups is 1. The molecule has 8 nitrogen and oxygen atoms in total. The van der Waals surface area contributed by atoms with Crippen LogP contribution in [0, 0.1) is 0 Å². The molecule has 300 valence electrons. The first-order valence-electron chi connectivity index (χ1n) is 21.0. The number of phosphoric ester groups is 1. The highest BCUT2D eigenvalue weighted by atomic mass is 31.2. The molecule has 0 aromatic heterocycles. The Morgan fingerprint density at radius 2 is 1.10 bits per heavy atom. The van der Waals surface area contributed by atoms with E-state index in [-0.39, 0.29) is 32.3 Å². The molecule has 3 N–H and O–H groups in total. The Bertz CT molecular complexity index is 879. The van der Waals surface area contributed by atoms with Crippen LogP contribution in [0.25, 0.3) is 0 Å². The molecule has 9 heteroatoms. The summed E-state index contributed by atoms with van der Waals surface area (Å²) < 4.78 is 33.4. The fourth-order valence-electron chi connectivity index (χ4n) is 5.78. The minimum Gasteiger partial charge on any atom is -0.457 e. The first-order valence-corrected chi connectivity index (χ1v) is 22.5. The summed E-state index contributed by atoms with van der Waals surface area (Å²) in [6.07, 6.45) is 44.4. The second kappa shape index (κ2) is 39.9. The summed E-state index contributed by atoms with van der Waals surface area (Å²) in [6, 6.07) is 0. The van der Waals surface area contributed by atoms with Crippen molar-refractivity contribution in [3.05, 3.63) is 36.5 Å². The lowest BCUT2D eigenvalue weighted by atomic mass is 10.0. The van der Waals surface area contributed by atoms with Gasteiger partial charge in [0.05, 0.1) is 19.8 Å². The second-order valence-corrected chi connectivity index (χ2v) is 15.3. The highest BCUT2D eigenvalue weighted by Crippen LogP contribution is 2.43. The Morgan fingerprint density at radius 3 is 1.65 bits per heavy atom. The lowest BCUT2D eigenvalue weighted by molar-refractivity contribution is -0.154. The fourth-order valence-corrected chi connectivity index (χ4v) is 6.54. The number of carbonyl (C=O) groups excluding carboxylic acids is 1. The van der Waals surface area contributed by atoms with Gasteiger partial charge in [-0.2, -0.15) is 0 Å². The Balaban J connectivity index is 4.05. The van der Waals surface area contributed by atoms with Crippen molar-refractivity contribution in [3.63, 3.8) is 0 Å². The minimum absolute atomic E-state index is 0.0968. The SMILES string of the molecule is CC/C=C\C/C=C\C/C=C\CCCCCCCCCC(=O)OC(COCCCCCCCCCCCCCCCCC)COP(=O)(O)OCCN. The summed E-state index contributed by atoms with van der Waals surface area (Å²) in [5, 5.41) is 0. The van der Waals surface area contributed by atoms with Gasteiger partial charge < -0.3 is 20.1 Å². The molecule has 0 heterocycles. The van der Waals surface area contributed by atoms with Crippen LogP contribution in [-0.2, 0) is 27.9 Å². The van der Waals surface area contributed by atoms with Crippen LogP contribution in [-0.4, -0.2) is 49.9 Å². The number of carbonyl (C=O) groups is 1. The number of ether oxygens (including phenoxy) is 2. The number of allylic oxidation sites excluding steroid dienone is 6. The average molecular weight is 742 g/mol. The molecule has 0 bridgehead atoms.